The van der Waals surface area contributed by atoms with E-state index in [0.717, 1.165) is 24.1 Å². The molecule has 21 heavy (non-hydrogen) atoms. The lowest BCUT2D eigenvalue weighted by atomic mass is 9.68. The van der Waals surface area contributed by atoms with Gasteiger partial charge in [-0.1, -0.05) is 18.2 Å². The molecule has 0 radical (unpaired) electrons. The van der Waals surface area contributed by atoms with E-state index >= 15 is 0 Å². The molecular formula is C15H19NO4S. The third-order valence-corrected chi connectivity index (χ3v) is 6.01. The molecule has 1 saturated carbocycles. The second kappa shape index (κ2) is 4.73. The van der Waals surface area contributed by atoms with Crippen molar-refractivity contribution in [2.75, 3.05) is 17.1 Å². The lowest BCUT2D eigenvalue weighted by molar-refractivity contribution is -0.143. The molecule has 2 aliphatic rings. The molecule has 1 spiro atoms. The van der Waals surface area contributed by atoms with Gasteiger partial charge in [-0.3, -0.25) is 9.10 Å². The van der Waals surface area contributed by atoms with Gasteiger partial charge in [-0.15, -0.1) is 0 Å². The number of rotatable bonds is 2. The molecule has 0 bridgehead atoms. The number of hydrogen-bond donors (Lipinski definition) is 1. The van der Waals surface area contributed by atoms with Crippen LogP contribution in [-0.2, 0) is 20.2 Å². The van der Waals surface area contributed by atoms with Gasteiger partial charge in [0.05, 0.1) is 17.9 Å². The number of carbonyl (C=O) groups is 1. The summed E-state index contributed by atoms with van der Waals surface area (Å²) < 4.78 is 25.5. The zero-order chi connectivity index (χ0) is 15.3. The van der Waals surface area contributed by atoms with Gasteiger partial charge in [0, 0.05) is 12.0 Å². The molecule has 1 aliphatic heterocycles. The lowest BCUT2D eigenvalue weighted by Crippen LogP contribution is -2.40. The fourth-order valence-electron chi connectivity index (χ4n) is 3.73. The van der Waals surface area contributed by atoms with E-state index < -0.39 is 16.0 Å². The summed E-state index contributed by atoms with van der Waals surface area (Å²) in [6.45, 7) is 0.442. The number of fused-ring (bicyclic) bond motifs is 2. The van der Waals surface area contributed by atoms with E-state index in [-0.39, 0.29) is 11.3 Å². The van der Waals surface area contributed by atoms with Crippen LogP contribution >= 0.6 is 0 Å². The molecule has 1 aromatic carbocycles. The van der Waals surface area contributed by atoms with Gasteiger partial charge in [0.1, 0.15) is 0 Å². The minimum Gasteiger partial charge on any atom is -0.481 e. The Bertz CT molecular complexity index is 675. The maximum atomic E-state index is 12.0. The summed E-state index contributed by atoms with van der Waals surface area (Å²) in [6.07, 6.45) is 3.91. The standard InChI is InChI=1S/C15H19NO4S/c1-21(19,20)16-10-15(12-4-2-3-5-13(12)16)8-6-11(7-9-15)14(17)18/h2-5,11H,6-10H2,1H3,(H,17,18)/t11-,15-. The van der Waals surface area contributed by atoms with Crippen molar-refractivity contribution in [3.8, 4) is 0 Å². The molecule has 0 atom stereocenters. The Morgan fingerprint density at radius 2 is 1.90 bits per heavy atom. The van der Waals surface area contributed by atoms with Crippen molar-refractivity contribution >= 4 is 21.7 Å². The average Bonchev–Trinajstić information content (AvgIpc) is 2.75. The molecule has 0 unspecified atom stereocenters. The molecule has 1 N–H and O–H groups in total. The molecule has 3 rings (SSSR count). The van der Waals surface area contributed by atoms with E-state index in [2.05, 4.69) is 0 Å². The highest BCUT2D eigenvalue weighted by Gasteiger charge is 2.47. The van der Waals surface area contributed by atoms with Gasteiger partial charge in [0.25, 0.3) is 0 Å². The molecular weight excluding hydrogens is 290 g/mol. The van der Waals surface area contributed by atoms with E-state index in [1.54, 1.807) is 0 Å². The van der Waals surface area contributed by atoms with Crippen LogP contribution < -0.4 is 4.31 Å². The maximum absolute atomic E-state index is 12.0. The van der Waals surface area contributed by atoms with Gasteiger partial charge >= 0.3 is 5.97 Å². The Hall–Kier alpha value is -1.56. The van der Waals surface area contributed by atoms with Crippen molar-refractivity contribution in [3.63, 3.8) is 0 Å². The summed E-state index contributed by atoms with van der Waals surface area (Å²) in [5.74, 6) is -1.04. The summed E-state index contributed by atoms with van der Waals surface area (Å²) in [7, 11) is -3.30. The van der Waals surface area contributed by atoms with E-state index in [0.29, 0.717) is 19.4 Å². The van der Waals surface area contributed by atoms with Gasteiger partial charge in [0.15, 0.2) is 0 Å². The smallest absolute Gasteiger partial charge is 0.306 e. The predicted molar refractivity (Wildman–Crippen MR) is 79.9 cm³/mol. The number of carboxylic acid groups (broad SMARTS) is 1. The quantitative estimate of drug-likeness (QED) is 0.906. The third-order valence-electron chi connectivity index (χ3n) is 4.88. The van der Waals surface area contributed by atoms with Gasteiger partial charge in [-0.05, 0) is 37.3 Å². The molecule has 0 amide bonds. The van der Waals surface area contributed by atoms with Gasteiger partial charge in [0.2, 0.25) is 10.0 Å². The minimum atomic E-state index is -3.30. The summed E-state index contributed by atoms with van der Waals surface area (Å²) in [5.41, 5.74) is 1.60. The van der Waals surface area contributed by atoms with Crippen LogP contribution in [0.5, 0.6) is 0 Å². The third kappa shape index (κ3) is 2.31. The van der Waals surface area contributed by atoms with Crippen molar-refractivity contribution in [2.45, 2.75) is 31.1 Å². The number of aliphatic carboxylic acids is 1. The normalized spacial score (nSPS) is 28.6. The predicted octanol–water partition coefficient (Wildman–Crippen LogP) is 1.98. The Morgan fingerprint density at radius 1 is 1.29 bits per heavy atom. The lowest BCUT2D eigenvalue weighted by Gasteiger charge is -2.36. The fourth-order valence-corrected chi connectivity index (χ4v) is 4.72. The molecule has 1 heterocycles. The number of para-hydroxylation sites is 1. The van der Waals surface area contributed by atoms with Crippen LogP contribution in [0.4, 0.5) is 5.69 Å². The first-order valence-corrected chi connectivity index (χ1v) is 8.98. The Labute approximate surface area is 124 Å². The van der Waals surface area contributed by atoms with Crippen LogP contribution in [0.2, 0.25) is 0 Å². The van der Waals surface area contributed by atoms with Crippen LogP contribution in [0.15, 0.2) is 24.3 Å². The summed E-state index contributed by atoms with van der Waals surface area (Å²) in [4.78, 5) is 11.1. The van der Waals surface area contributed by atoms with E-state index in [4.69, 9.17) is 5.11 Å². The fraction of sp³-hybridized carbons (Fsp3) is 0.533. The highest BCUT2D eigenvalue weighted by molar-refractivity contribution is 7.92. The molecule has 1 aliphatic carbocycles. The summed E-state index contributed by atoms with van der Waals surface area (Å²) >= 11 is 0. The molecule has 0 saturated heterocycles. The van der Waals surface area contributed by atoms with E-state index in [1.807, 2.05) is 24.3 Å². The minimum absolute atomic E-state index is 0.217. The Morgan fingerprint density at radius 3 is 2.48 bits per heavy atom. The van der Waals surface area contributed by atoms with Crippen molar-refractivity contribution < 1.29 is 18.3 Å². The number of hydrogen-bond acceptors (Lipinski definition) is 3. The van der Waals surface area contributed by atoms with E-state index in [1.165, 1.54) is 10.6 Å². The SMILES string of the molecule is CS(=O)(=O)N1C[C@]2(CC[C@@H](C(=O)O)CC2)c2ccccc21. The first-order valence-electron chi connectivity index (χ1n) is 7.13. The zero-order valence-electron chi connectivity index (χ0n) is 11.9. The summed E-state index contributed by atoms with van der Waals surface area (Å²) in [5, 5.41) is 9.14. The number of nitrogens with zero attached hydrogens (tertiary/aromatic N) is 1. The van der Waals surface area contributed by atoms with Crippen LogP contribution in [0, 0.1) is 5.92 Å². The highest BCUT2D eigenvalue weighted by Crippen LogP contribution is 2.50. The Balaban J connectivity index is 1.98. The van der Waals surface area contributed by atoms with Crippen LogP contribution in [-0.4, -0.2) is 32.3 Å². The molecule has 1 aromatic rings. The molecule has 6 heteroatoms. The van der Waals surface area contributed by atoms with Crippen molar-refractivity contribution in [1.29, 1.82) is 0 Å². The van der Waals surface area contributed by atoms with Crippen LogP contribution in [0.3, 0.4) is 0 Å². The van der Waals surface area contributed by atoms with Crippen molar-refractivity contribution in [2.24, 2.45) is 5.92 Å². The topological polar surface area (TPSA) is 74.7 Å². The van der Waals surface area contributed by atoms with Crippen LogP contribution in [0.25, 0.3) is 0 Å². The first-order chi connectivity index (χ1) is 9.83. The maximum Gasteiger partial charge on any atom is 0.306 e. The summed E-state index contributed by atoms with van der Waals surface area (Å²) in [6, 6.07) is 7.60. The second-order valence-electron chi connectivity index (χ2n) is 6.18. The van der Waals surface area contributed by atoms with Crippen LogP contribution in [0.1, 0.15) is 31.2 Å². The first kappa shape index (κ1) is 14.4. The largest absolute Gasteiger partial charge is 0.481 e. The van der Waals surface area contributed by atoms with E-state index in [9.17, 15) is 13.2 Å². The van der Waals surface area contributed by atoms with Gasteiger partial charge in [-0.2, -0.15) is 0 Å². The highest BCUT2D eigenvalue weighted by atomic mass is 32.2. The molecule has 0 aromatic heterocycles. The Kier molecular flexibility index (Phi) is 3.24. The number of sulfonamides is 1. The molecule has 5 nitrogen and oxygen atoms in total. The van der Waals surface area contributed by atoms with Crippen molar-refractivity contribution in [3.05, 3.63) is 29.8 Å². The number of anilines is 1. The molecule has 1 fully saturated rings. The zero-order valence-corrected chi connectivity index (χ0v) is 12.8. The monoisotopic (exact) mass is 309 g/mol. The second-order valence-corrected chi connectivity index (χ2v) is 8.09. The van der Waals surface area contributed by atoms with Gasteiger partial charge < -0.3 is 5.11 Å². The number of benzene rings is 1. The molecule has 114 valence electrons. The van der Waals surface area contributed by atoms with Gasteiger partial charge in [-0.25, -0.2) is 8.42 Å². The average molecular weight is 309 g/mol. The van der Waals surface area contributed by atoms with Crippen molar-refractivity contribution in [1.82, 2.24) is 0 Å². The number of carboxylic acids is 1.